The Hall–Kier alpha value is -2.61. The summed E-state index contributed by atoms with van der Waals surface area (Å²) in [6.45, 7) is 0. The summed E-state index contributed by atoms with van der Waals surface area (Å²) in [5, 5.41) is 0.559. The highest BCUT2D eigenvalue weighted by atomic mass is 16.7. The van der Waals surface area contributed by atoms with E-state index < -0.39 is 17.8 Å². The van der Waals surface area contributed by atoms with Crippen LogP contribution < -0.4 is 0 Å². The fourth-order valence-electron chi connectivity index (χ4n) is 1.82. The summed E-state index contributed by atoms with van der Waals surface area (Å²) in [6.07, 6.45) is 5.99. The molecule has 0 radical (unpaired) electrons. The molecule has 5 nitrogen and oxygen atoms in total. The SMILES string of the molecule is C#Cc1ccc(CCC(=O)ON2C(=O)CCC2=O)cc1. The zero-order valence-corrected chi connectivity index (χ0v) is 10.8. The van der Waals surface area contributed by atoms with E-state index in [1.165, 1.54) is 0 Å². The van der Waals surface area contributed by atoms with Gasteiger partial charge in [-0.3, -0.25) is 9.59 Å². The lowest BCUT2D eigenvalue weighted by Crippen LogP contribution is -2.32. The van der Waals surface area contributed by atoms with Gasteiger partial charge in [0.1, 0.15) is 0 Å². The smallest absolute Gasteiger partial charge is 0.330 e. The molecule has 0 aromatic heterocycles. The Morgan fingerprint density at radius 2 is 1.80 bits per heavy atom. The van der Waals surface area contributed by atoms with Crippen LogP contribution in [0.2, 0.25) is 0 Å². The zero-order valence-electron chi connectivity index (χ0n) is 10.8. The van der Waals surface area contributed by atoms with Crippen molar-refractivity contribution in [1.29, 1.82) is 0 Å². The largest absolute Gasteiger partial charge is 0.333 e. The number of hydrogen-bond acceptors (Lipinski definition) is 4. The first kappa shape index (κ1) is 13.8. The topological polar surface area (TPSA) is 63.7 Å². The summed E-state index contributed by atoms with van der Waals surface area (Å²) in [7, 11) is 0. The fourth-order valence-corrected chi connectivity index (χ4v) is 1.82. The van der Waals surface area contributed by atoms with E-state index in [9.17, 15) is 14.4 Å². The van der Waals surface area contributed by atoms with Crippen molar-refractivity contribution in [2.24, 2.45) is 0 Å². The molecule has 0 bridgehead atoms. The number of terminal acetylenes is 1. The molecule has 5 heteroatoms. The molecule has 1 fully saturated rings. The van der Waals surface area contributed by atoms with E-state index in [-0.39, 0.29) is 19.3 Å². The van der Waals surface area contributed by atoms with Crippen molar-refractivity contribution < 1.29 is 19.2 Å². The Kier molecular flexibility index (Phi) is 4.16. The minimum absolute atomic E-state index is 0.0897. The second-order valence-corrected chi connectivity index (χ2v) is 4.39. The van der Waals surface area contributed by atoms with E-state index in [1.807, 2.05) is 12.1 Å². The van der Waals surface area contributed by atoms with Crippen LogP contribution >= 0.6 is 0 Å². The van der Waals surface area contributed by atoms with Gasteiger partial charge in [-0.1, -0.05) is 18.1 Å². The third kappa shape index (κ3) is 3.23. The van der Waals surface area contributed by atoms with Gasteiger partial charge in [0.15, 0.2) is 0 Å². The van der Waals surface area contributed by atoms with Crippen molar-refractivity contribution in [2.45, 2.75) is 25.7 Å². The number of nitrogens with zero attached hydrogens (tertiary/aromatic N) is 1. The monoisotopic (exact) mass is 271 g/mol. The first-order chi connectivity index (χ1) is 9.60. The standard InChI is InChI=1S/C15H13NO4/c1-2-11-3-5-12(6-4-11)7-10-15(19)20-16-13(17)8-9-14(16)18/h1,3-6H,7-10H2. The molecule has 0 atom stereocenters. The number of carbonyl (C=O) groups is 3. The van der Waals surface area contributed by atoms with Gasteiger partial charge >= 0.3 is 5.97 Å². The van der Waals surface area contributed by atoms with E-state index in [2.05, 4.69) is 5.92 Å². The molecule has 1 aliphatic rings. The van der Waals surface area contributed by atoms with Crippen molar-refractivity contribution in [3.63, 3.8) is 0 Å². The summed E-state index contributed by atoms with van der Waals surface area (Å²) in [5.74, 6) is 0.960. The van der Waals surface area contributed by atoms with Crippen molar-refractivity contribution in [1.82, 2.24) is 5.06 Å². The molecule has 20 heavy (non-hydrogen) atoms. The maximum Gasteiger partial charge on any atom is 0.333 e. The molecular formula is C15H13NO4. The van der Waals surface area contributed by atoms with Gasteiger partial charge in [-0.2, -0.15) is 0 Å². The molecule has 2 rings (SSSR count). The van der Waals surface area contributed by atoms with Crippen molar-refractivity contribution in [3.05, 3.63) is 35.4 Å². The Bertz CT molecular complexity index is 567. The first-order valence-electron chi connectivity index (χ1n) is 6.22. The van der Waals surface area contributed by atoms with Gasteiger partial charge in [-0.15, -0.1) is 11.5 Å². The van der Waals surface area contributed by atoms with Gasteiger partial charge in [-0.05, 0) is 24.1 Å². The lowest BCUT2D eigenvalue weighted by Gasteiger charge is -2.12. The van der Waals surface area contributed by atoms with Crippen LogP contribution in [-0.4, -0.2) is 22.8 Å². The van der Waals surface area contributed by atoms with E-state index in [0.29, 0.717) is 11.5 Å². The van der Waals surface area contributed by atoms with Crippen LogP contribution in [0.1, 0.15) is 30.4 Å². The minimum Gasteiger partial charge on any atom is -0.330 e. The summed E-state index contributed by atoms with van der Waals surface area (Å²) < 4.78 is 0. The third-order valence-electron chi connectivity index (χ3n) is 2.94. The summed E-state index contributed by atoms with van der Waals surface area (Å²) in [4.78, 5) is 38.9. The maximum atomic E-state index is 11.6. The first-order valence-corrected chi connectivity index (χ1v) is 6.22. The normalized spacial score (nSPS) is 14.2. The number of benzene rings is 1. The molecule has 1 aromatic rings. The molecule has 1 saturated heterocycles. The number of rotatable bonds is 4. The number of imide groups is 1. The van der Waals surface area contributed by atoms with Crippen LogP contribution in [0.25, 0.3) is 0 Å². The predicted octanol–water partition coefficient (Wildman–Crippen LogP) is 1.21. The molecule has 0 N–H and O–H groups in total. The Morgan fingerprint density at radius 1 is 1.20 bits per heavy atom. The average molecular weight is 271 g/mol. The van der Waals surface area contributed by atoms with Crippen molar-refractivity contribution >= 4 is 17.8 Å². The number of aryl methyl sites for hydroxylation is 1. The third-order valence-corrected chi connectivity index (χ3v) is 2.94. The van der Waals surface area contributed by atoms with Gasteiger partial charge in [0, 0.05) is 18.4 Å². The van der Waals surface area contributed by atoms with Gasteiger partial charge in [-0.25, -0.2) is 4.79 Å². The highest BCUT2D eigenvalue weighted by molar-refractivity contribution is 6.01. The van der Waals surface area contributed by atoms with Gasteiger partial charge in [0.05, 0.1) is 6.42 Å². The summed E-state index contributed by atoms with van der Waals surface area (Å²) in [5.41, 5.74) is 1.70. The Morgan fingerprint density at radius 3 is 2.35 bits per heavy atom. The van der Waals surface area contributed by atoms with Crippen LogP contribution in [0.5, 0.6) is 0 Å². The Labute approximate surface area is 116 Å². The number of amides is 2. The van der Waals surface area contributed by atoms with Crippen LogP contribution in [0.3, 0.4) is 0 Å². The van der Waals surface area contributed by atoms with Gasteiger partial charge in [0.2, 0.25) is 0 Å². The van der Waals surface area contributed by atoms with E-state index in [0.717, 1.165) is 11.1 Å². The van der Waals surface area contributed by atoms with Crippen LogP contribution in [-0.2, 0) is 25.6 Å². The maximum absolute atomic E-state index is 11.6. The number of hydroxylamine groups is 2. The van der Waals surface area contributed by atoms with Crippen LogP contribution in [0, 0.1) is 12.3 Å². The number of carbonyl (C=O) groups excluding carboxylic acids is 3. The molecule has 0 saturated carbocycles. The fraction of sp³-hybridized carbons (Fsp3) is 0.267. The summed E-state index contributed by atoms with van der Waals surface area (Å²) >= 11 is 0. The molecule has 0 aliphatic carbocycles. The molecule has 1 heterocycles. The zero-order chi connectivity index (χ0) is 14.5. The lowest BCUT2D eigenvalue weighted by atomic mass is 10.1. The average Bonchev–Trinajstić information content (AvgIpc) is 2.77. The number of hydrogen-bond donors (Lipinski definition) is 0. The van der Waals surface area contributed by atoms with Gasteiger partial charge < -0.3 is 4.84 Å². The molecule has 102 valence electrons. The minimum atomic E-state index is -0.602. The van der Waals surface area contributed by atoms with Crippen LogP contribution in [0.15, 0.2) is 24.3 Å². The van der Waals surface area contributed by atoms with Crippen LogP contribution in [0.4, 0.5) is 0 Å². The van der Waals surface area contributed by atoms with E-state index >= 15 is 0 Å². The quantitative estimate of drug-likeness (QED) is 0.610. The molecule has 0 unspecified atom stereocenters. The summed E-state index contributed by atoms with van der Waals surface area (Å²) in [6, 6.07) is 7.23. The lowest BCUT2D eigenvalue weighted by molar-refractivity contribution is -0.197. The van der Waals surface area contributed by atoms with E-state index in [4.69, 9.17) is 11.3 Å². The second kappa shape index (κ2) is 6.02. The molecule has 2 amide bonds. The van der Waals surface area contributed by atoms with Gasteiger partial charge in [0.25, 0.3) is 11.8 Å². The highest BCUT2D eigenvalue weighted by Crippen LogP contribution is 2.13. The highest BCUT2D eigenvalue weighted by Gasteiger charge is 2.32. The van der Waals surface area contributed by atoms with Crippen molar-refractivity contribution in [3.8, 4) is 12.3 Å². The molecule has 0 spiro atoms. The molecular weight excluding hydrogens is 258 g/mol. The molecule has 1 aliphatic heterocycles. The predicted molar refractivity (Wildman–Crippen MR) is 69.9 cm³/mol. The van der Waals surface area contributed by atoms with E-state index in [1.54, 1.807) is 12.1 Å². The second-order valence-electron chi connectivity index (χ2n) is 4.39. The van der Waals surface area contributed by atoms with Crippen molar-refractivity contribution in [2.75, 3.05) is 0 Å². The Balaban J connectivity index is 1.84. The molecule has 1 aromatic carbocycles.